The summed E-state index contributed by atoms with van der Waals surface area (Å²) >= 11 is 1.48. The van der Waals surface area contributed by atoms with Crippen LogP contribution < -0.4 is 5.32 Å². The molecule has 7 nitrogen and oxygen atoms in total. The largest absolute Gasteiger partial charge is 0.370 e. The summed E-state index contributed by atoms with van der Waals surface area (Å²) in [5.41, 5.74) is 2.49. The molecule has 0 aliphatic rings. The van der Waals surface area contributed by atoms with Crippen LogP contribution in [0.15, 0.2) is 29.0 Å². The maximum Gasteiger partial charge on any atom is 0.181 e. The molecule has 0 saturated heterocycles. The molecule has 0 bridgehead atoms. The van der Waals surface area contributed by atoms with Crippen molar-refractivity contribution in [2.45, 2.75) is 30.3 Å². The Morgan fingerprint density at radius 2 is 1.90 bits per heavy atom. The molecule has 0 radical (unpaired) electrons. The van der Waals surface area contributed by atoms with Crippen LogP contribution >= 0.6 is 11.8 Å². The number of nitrogens with one attached hydrogen (secondary N) is 2. The number of fused-ring (bicyclic) bond motifs is 1. The summed E-state index contributed by atoms with van der Waals surface area (Å²) in [6, 6.07) is 0. The minimum Gasteiger partial charge on any atom is -0.370 e. The average molecular weight is 301 g/mol. The molecule has 0 spiro atoms. The fourth-order valence-corrected chi connectivity index (χ4v) is 2.76. The van der Waals surface area contributed by atoms with Gasteiger partial charge in [-0.2, -0.15) is 0 Å². The van der Waals surface area contributed by atoms with Crippen molar-refractivity contribution in [2.75, 3.05) is 11.9 Å². The van der Waals surface area contributed by atoms with Crippen LogP contribution in [-0.4, -0.2) is 36.4 Å². The molecule has 3 rings (SSSR count). The van der Waals surface area contributed by atoms with Crippen LogP contribution in [0.5, 0.6) is 0 Å². The molecule has 0 amide bonds. The Morgan fingerprint density at radius 3 is 2.76 bits per heavy atom. The number of nitrogens with zero attached hydrogens (tertiary/aromatic N) is 5. The van der Waals surface area contributed by atoms with E-state index in [9.17, 15) is 0 Å². The summed E-state index contributed by atoms with van der Waals surface area (Å²) in [6.07, 6.45) is 5.74. The summed E-state index contributed by atoms with van der Waals surface area (Å²) in [5, 5.41) is 4.98. The lowest BCUT2D eigenvalue weighted by Gasteiger charge is -2.10. The van der Waals surface area contributed by atoms with Gasteiger partial charge in [-0.3, -0.25) is 0 Å². The van der Waals surface area contributed by atoms with Crippen molar-refractivity contribution in [2.24, 2.45) is 0 Å². The lowest BCUT2D eigenvalue weighted by Crippen LogP contribution is -2.05. The molecule has 21 heavy (non-hydrogen) atoms. The normalized spacial score (nSPS) is 11.0. The molecule has 108 valence electrons. The van der Waals surface area contributed by atoms with Crippen molar-refractivity contribution in [3.8, 4) is 0 Å². The molecule has 2 N–H and O–H groups in total. The summed E-state index contributed by atoms with van der Waals surface area (Å²) in [4.78, 5) is 24.2. The lowest BCUT2D eigenvalue weighted by molar-refractivity contribution is 0.937. The summed E-state index contributed by atoms with van der Waals surface area (Å²) < 4.78 is 0. The van der Waals surface area contributed by atoms with Crippen molar-refractivity contribution in [1.29, 1.82) is 0 Å². The highest BCUT2D eigenvalue weighted by Crippen LogP contribution is 2.31. The van der Waals surface area contributed by atoms with Crippen LogP contribution in [0.3, 0.4) is 0 Å². The van der Waals surface area contributed by atoms with Crippen molar-refractivity contribution < 1.29 is 0 Å². The lowest BCUT2D eigenvalue weighted by atomic mass is 10.3. The van der Waals surface area contributed by atoms with Crippen molar-refractivity contribution in [3.63, 3.8) is 0 Å². The van der Waals surface area contributed by atoms with Crippen LogP contribution in [0, 0.1) is 6.92 Å². The quantitative estimate of drug-likeness (QED) is 0.699. The van der Waals surface area contributed by atoms with Gasteiger partial charge in [-0.05, 0) is 25.1 Å². The molecule has 0 fully saturated rings. The zero-order valence-electron chi connectivity index (χ0n) is 11.8. The first-order valence-corrected chi connectivity index (χ1v) is 7.48. The number of hydrogen-bond acceptors (Lipinski definition) is 7. The van der Waals surface area contributed by atoms with Crippen LogP contribution in [0.2, 0.25) is 0 Å². The van der Waals surface area contributed by atoms with Gasteiger partial charge < -0.3 is 10.3 Å². The van der Waals surface area contributed by atoms with Crippen LogP contribution in [0.4, 0.5) is 5.82 Å². The Kier molecular flexibility index (Phi) is 3.96. The molecule has 0 atom stereocenters. The second-order valence-electron chi connectivity index (χ2n) is 4.46. The highest BCUT2D eigenvalue weighted by atomic mass is 32.2. The number of hydrogen-bond donors (Lipinski definition) is 2. The minimum atomic E-state index is 0.656. The molecule has 8 heteroatoms. The van der Waals surface area contributed by atoms with Gasteiger partial charge in [0.1, 0.15) is 34.0 Å². The van der Waals surface area contributed by atoms with E-state index in [2.05, 4.69) is 42.1 Å². The van der Waals surface area contributed by atoms with Gasteiger partial charge >= 0.3 is 0 Å². The van der Waals surface area contributed by atoms with E-state index in [1.54, 1.807) is 12.7 Å². The van der Waals surface area contributed by atoms with E-state index < -0.39 is 0 Å². The van der Waals surface area contributed by atoms with Gasteiger partial charge in [-0.1, -0.05) is 6.92 Å². The summed E-state index contributed by atoms with van der Waals surface area (Å²) in [7, 11) is 0. The second-order valence-corrected chi connectivity index (χ2v) is 5.44. The van der Waals surface area contributed by atoms with Gasteiger partial charge in [0.15, 0.2) is 5.65 Å². The van der Waals surface area contributed by atoms with E-state index in [1.807, 2.05) is 6.92 Å². The maximum absolute atomic E-state index is 4.35. The van der Waals surface area contributed by atoms with E-state index >= 15 is 0 Å². The number of aromatic amines is 1. The number of imidazole rings is 1. The highest BCUT2D eigenvalue weighted by molar-refractivity contribution is 7.99. The number of H-pyrrole nitrogens is 1. The van der Waals surface area contributed by atoms with E-state index in [0.717, 1.165) is 39.9 Å². The average Bonchev–Trinajstić information content (AvgIpc) is 2.98. The standard InChI is InChI=1S/C13H15N7S/c1-3-4-14-10-8(2)12(19-6-16-10)21-13-9-11(17-5-15-9)18-7-20-13/h5-7H,3-4H2,1-2H3,(H,14,16,19)(H,15,17,18,20). The van der Waals surface area contributed by atoms with Crippen molar-refractivity contribution >= 4 is 28.7 Å². The number of rotatable bonds is 5. The predicted octanol–water partition coefficient (Wildman–Crippen LogP) is 2.42. The second kappa shape index (κ2) is 6.04. The molecule has 0 aromatic carbocycles. The zero-order chi connectivity index (χ0) is 14.7. The van der Waals surface area contributed by atoms with Gasteiger partial charge in [0.25, 0.3) is 0 Å². The Morgan fingerprint density at radius 1 is 1.10 bits per heavy atom. The smallest absolute Gasteiger partial charge is 0.181 e. The minimum absolute atomic E-state index is 0.656. The Hall–Kier alpha value is -2.22. The molecule has 0 aliphatic heterocycles. The topological polar surface area (TPSA) is 92.3 Å². The van der Waals surface area contributed by atoms with Gasteiger partial charge in [0.05, 0.1) is 6.33 Å². The SMILES string of the molecule is CCCNc1ncnc(Sc2ncnc3nc[nH]c23)c1C. The van der Waals surface area contributed by atoms with Gasteiger partial charge in [0.2, 0.25) is 0 Å². The van der Waals surface area contributed by atoms with E-state index in [1.165, 1.54) is 18.1 Å². The first-order valence-electron chi connectivity index (χ1n) is 6.67. The third-order valence-electron chi connectivity index (χ3n) is 2.96. The third-order valence-corrected chi connectivity index (χ3v) is 4.07. The Balaban J connectivity index is 1.93. The number of anilines is 1. The van der Waals surface area contributed by atoms with Gasteiger partial charge in [0, 0.05) is 12.1 Å². The molecule has 0 aliphatic carbocycles. The van der Waals surface area contributed by atoms with E-state index in [-0.39, 0.29) is 0 Å². The predicted molar refractivity (Wildman–Crippen MR) is 81.4 cm³/mol. The molecule has 0 unspecified atom stereocenters. The molecular weight excluding hydrogens is 286 g/mol. The van der Waals surface area contributed by atoms with Crippen molar-refractivity contribution in [1.82, 2.24) is 29.9 Å². The van der Waals surface area contributed by atoms with Gasteiger partial charge in [-0.15, -0.1) is 0 Å². The third kappa shape index (κ3) is 2.80. The molecule has 3 aromatic heterocycles. The van der Waals surface area contributed by atoms with E-state index in [4.69, 9.17) is 0 Å². The Labute approximate surface area is 126 Å². The highest BCUT2D eigenvalue weighted by Gasteiger charge is 2.12. The first-order chi connectivity index (χ1) is 10.3. The van der Waals surface area contributed by atoms with Crippen LogP contribution in [0.25, 0.3) is 11.2 Å². The monoisotopic (exact) mass is 301 g/mol. The molecular formula is C13H15N7S. The molecule has 3 aromatic rings. The number of aromatic nitrogens is 6. The maximum atomic E-state index is 4.35. The van der Waals surface area contributed by atoms with Gasteiger partial charge in [-0.25, -0.2) is 24.9 Å². The van der Waals surface area contributed by atoms with E-state index in [0.29, 0.717) is 5.65 Å². The first kappa shape index (κ1) is 13.7. The summed E-state index contributed by atoms with van der Waals surface area (Å²) in [5.74, 6) is 0.865. The fraction of sp³-hybridized carbons (Fsp3) is 0.308. The Bertz CT molecular complexity index is 755. The zero-order valence-corrected chi connectivity index (χ0v) is 12.6. The fourth-order valence-electron chi connectivity index (χ4n) is 1.87. The van der Waals surface area contributed by atoms with Crippen molar-refractivity contribution in [3.05, 3.63) is 24.5 Å². The van der Waals surface area contributed by atoms with Crippen LogP contribution in [-0.2, 0) is 0 Å². The van der Waals surface area contributed by atoms with Crippen LogP contribution in [0.1, 0.15) is 18.9 Å². The molecule has 3 heterocycles. The molecule has 0 saturated carbocycles. The summed E-state index contributed by atoms with van der Waals surface area (Å²) in [6.45, 7) is 5.01.